The first-order valence-electron chi connectivity index (χ1n) is 12.7. The predicted octanol–water partition coefficient (Wildman–Crippen LogP) is 2.09. The average molecular weight is 542 g/mol. The molecule has 6 rings (SSSR count). The van der Waals surface area contributed by atoms with Gasteiger partial charge < -0.3 is 20.4 Å². The van der Waals surface area contributed by atoms with Gasteiger partial charge in [-0.15, -0.1) is 0 Å². The Bertz CT molecular complexity index is 1590. The zero-order valence-electron chi connectivity index (χ0n) is 20.6. The van der Waals surface area contributed by atoms with Crippen LogP contribution in [0.15, 0.2) is 40.2 Å². The first kappa shape index (κ1) is 25.0. The molecular formula is C25H28FN7O4S. The maximum atomic E-state index is 15.3. The maximum Gasteiger partial charge on any atom is 0.261 e. The molecule has 200 valence electrons. The number of hydrogen-bond acceptors (Lipinski definition) is 8. The van der Waals surface area contributed by atoms with E-state index in [2.05, 4.69) is 26.8 Å². The summed E-state index contributed by atoms with van der Waals surface area (Å²) in [6.45, 7) is 1.94. The van der Waals surface area contributed by atoms with Crippen molar-refractivity contribution in [1.82, 2.24) is 24.4 Å². The Labute approximate surface area is 218 Å². The number of alkyl halides is 1. The van der Waals surface area contributed by atoms with Crippen LogP contribution in [0.5, 0.6) is 0 Å². The molecule has 0 aliphatic carbocycles. The van der Waals surface area contributed by atoms with Gasteiger partial charge in [-0.05, 0) is 62.2 Å². The van der Waals surface area contributed by atoms with Gasteiger partial charge in [0.25, 0.3) is 5.56 Å². The fourth-order valence-electron chi connectivity index (χ4n) is 5.87. The minimum Gasteiger partial charge on any atom is -0.378 e. The van der Waals surface area contributed by atoms with E-state index in [0.29, 0.717) is 16.8 Å². The van der Waals surface area contributed by atoms with Gasteiger partial charge in [-0.1, -0.05) is 0 Å². The molecule has 3 aromatic rings. The van der Waals surface area contributed by atoms with E-state index >= 15 is 4.39 Å². The van der Waals surface area contributed by atoms with Crippen molar-refractivity contribution < 1.29 is 17.5 Å². The normalized spacial score (nSPS) is 25.7. The highest BCUT2D eigenvalue weighted by Crippen LogP contribution is 2.39. The largest absolute Gasteiger partial charge is 0.378 e. The van der Waals surface area contributed by atoms with Crippen molar-refractivity contribution in [3.63, 3.8) is 0 Å². The quantitative estimate of drug-likeness (QED) is 0.445. The van der Waals surface area contributed by atoms with Gasteiger partial charge in [0.1, 0.15) is 17.1 Å². The fraction of sp³-hybridized carbons (Fsp3) is 0.480. The monoisotopic (exact) mass is 541 g/mol. The average Bonchev–Trinajstić information content (AvgIpc) is 3.41. The van der Waals surface area contributed by atoms with Gasteiger partial charge in [0.15, 0.2) is 5.82 Å². The van der Waals surface area contributed by atoms with Crippen LogP contribution in [-0.4, -0.2) is 66.0 Å². The number of H-pyrrole nitrogens is 1. The number of aromatic amines is 1. The summed E-state index contributed by atoms with van der Waals surface area (Å²) in [5.74, 6) is 0.203. The zero-order chi connectivity index (χ0) is 26.5. The number of piperidine rings is 1. The van der Waals surface area contributed by atoms with E-state index in [1.54, 1.807) is 28.6 Å². The van der Waals surface area contributed by atoms with Gasteiger partial charge in [0.05, 0.1) is 29.5 Å². The molecular weight excluding hydrogens is 513 g/mol. The van der Waals surface area contributed by atoms with Crippen molar-refractivity contribution in [2.45, 2.75) is 54.9 Å². The molecule has 0 radical (unpaired) electrons. The number of nitrogens with zero attached hydrogens (tertiary/aromatic N) is 4. The molecule has 2 atom stereocenters. The zero-order valence-corrected chi connectivity index (χ0v) is 21.4. The Kier molecular flexibility index (Phi) is 6.22. The van der Waals surface area contributed by atoms with E-state index in [9.17, 15) is 18.5 Å². The second kappa shape index (κ2) is 9.46. The minimum absolute atomic E-state index is 0.0484. The van der Waals surface area contributed by atoms with E-state index in [1.807, 2.05) is 0 Å². The van der Waals surface area contributed by atoms with Crippen LogP contribution in [0.3, 0.4) is 0 Å². The van der Waals surface area contributed by atoms with Crippen LogP contribution < -0.4 is 16.2 Å². The van der Waals surface area contributed by atoms with E-state index in [1.165, 1.54) is 10.9 Å². The first-order valence-corrected chi connectivity index (χ1v) is 14.1. The number of pyridine rings is 1. The van der Waals surface area contributed by atoms with Crippen molar-refractivity contribution >= 4 is 32.4 Å². The Morgan fingerprint density at radius 1 is 1.29 bits per heavy atom. The summed E-state index contributed by atoms with van der Waals surface area (Å²) >= 11 is 0. The van der Waals surface area contributed by atoms with Crippen LogP contribution in [0, 0.1) is 11.3 Å². The summed E-state index contributed by atoms with van der Waals surface area (Å²) in [4.78, 5) is 15.8. The van der Waals surface area contributed by atoms with Gasteiger partial charge >= 0.3 is 0 Å². The van der Waals surface area contributed by atoms with E-state index in [4.69, 9.17) is 4.74 Å². The molecule has 3 aliphatic rings. The SMILES string of the molecule is N#CCC1(n2nc(Nc3ccc4c(c3)CN(C3CCNCC3)S4(=O)=O)c3c(=O)[nH]ccc32)CCOCC1F. The van der Waals surface area contributed by atoms with E-state index in [-0.39, 0.29) is 54.7 Å². The molecule has 3 N–H and O–H groups in total. The van der Waals surface area contributed by atoms with Gasteiger partial charge in [-0.2, -0.15) is 14.7 Å². The molecule has 5 heterocycles. The lowest BCUT2D eigenvalue weighted by molar-refractivity contribution is -0.0511. The molecule has 38 heavy (non-hydrogen) atoms. The summed E-state index contributed by atoms with van der Waals surface area (Å²) in [7, 11) is -3.59. The number of halogens is 1. The summed E-state index contributed by atoms with van der Waals surface area (Å²) < 4.78 is 50.1. The van der Waals surface area contributed by atoms with Crippen molar-refractivity contribution in [2.75, 3.05) is 31.6 Å². The second-order valence-corrected chi connectivity index (χ2v) is 11.9. The molecule has 1 aromatic carbocycles. The highest BCUT2D eigenvalue weighted by Gasteiger charge is 2.46. The van der Waals surface area contributed by atoms with Crippen LogP contribution in [0.25, 0.3) is 10.9 Å². The summed E-state index contributed by atoms with van der Waals surface area (Å²) in [6.07, 6.45) is 1.59. The standard InChI is InChI=1S/C25H28FN7O4S/c26-21-15-37-12-7-25(21,6-8-27)33-19-5-11-29-24(34)22(19)23(31-33)30-17-1-2-20-16(13-17)14-32(38(20,35)36)18-3-9-28-10-4-18/h1-2,5,11,13,18,21,28H,3-4,6-7,9-10,12,14-15H2,(H,29,34)(H,30,31). The van der Waals surface area contributed by atoms with Crippen molar-refractivity contribution in [2.24, 2.45) is 0 Å². The van der Waals surface area contributed by atoms with Gasteiger partial charge in [-0.3, -0.25) is 9.48 Å². The molecule has 11 nitrogen and oxygen atoms in total. The molecule has 13 heteroatoms. The number of hydrogen-bond donors (Lipinski definition) is 3. The van der Waals surface area contributed by atoms with Gasteiger partial charge in [-0.25, -0.2) is 12.8 Å². The molecule has 0 spiro atoms. The van der Waals surface area contributed by atoms with Crippen LogP contribution in [0.2, 0.25) is 0 Å². The number of benzene rings is 1. The third kappa shape index (κ3) is 3.90. The molecule has 2 saturated heterocycles. The molecule has 2 unspecified atom stereocenters. The number of rotatable bonds is 5. The van der Waals surface area contributed by atoms with Crippen LogP contribution in [0.1, 0.15) is 31.2 Å². The highest BCUT2D eigenvalue weighted by molar-refractivity contribution is 7.89. The number of nitriles is 1. The smallest absolute Gasteiger partial charge is 0.261 e. The van der Waals surface area contributed by atoms with Crippen LogP contribution in [0.4, 0.5) is 15.9 Å². The molecule has 3 aliphatic heterocycles. The van der Waals surface area contributed by atoms with Crippen LogP contribution >= 0.6 is 0 Å². The second-order valence-electron chi connectivity index (χ2n) is 10.0. The lowest BCUT2D eigenvalue weighted by atomic mass is 9.85. The van der Waals surface area contributed by atoms with E-state index in [0.717, 1.165) is 25.9 Å². The Morgan fingerprint density at radius 3 is 2.87 bits per heavy atom. The topological polar surface area (TPSA) is 145 Å². The Hall–Kier alpha value is -3.31. The third-order valence-corrected chi connectivity index (χ3v) is 9.89. The van der Waals surface area contributed by atoms with Gasteiger partial charge in [0.2, 0.25) is 10.0 Å². The third-order valence-electron chi connectivity index (χ3n) is 7.89. The Morgan fingerprint density at radius 2 is 2.11 bits per heavy atom. The fourth-order valence-corrected chi connectivity index (χ4v) is 7.73. The number of aromatic nitrogens is 3. The molecule has 0 amide bonds. The van der Waals surface area contributed by atoms with E-state index < -0.39 is 27.3 Å². The maximum absolute atomic E-state index is 15.3. The van der Waals surface area contributed by atoms with Crippen molar-refractivity contribution in [1.29, 1.82) is 5.26 Å². The number of ether oxygens (including phenoxy) is 1. The van der Waals surface area contributed by atoms with Gasteiger partial charge in [0, 0.05) is 31.1 Å². The number of sulfonamides is 1. The van der Waals surface area contributed by atoms with Crippen molar-refractivity contribution in [3.8, 4) is 6.07 Å². The Balaban J connectivity index is 1.39. The lowest BCUT2D eigenvalue weighted by Crippen LogP contribution is -2.49. The number of anilines is 2. The minimum atomic E-state index is -3.59. The van der Waals surface area contributed by atoms with Crippen LogP contribution in [-0.2, 0) is 26.8 Å². The molecule has 0 bridgehead atoms. The number of fused-ring (bicyclic) bond motifs is 2. The first-order chi connectivity index (χ1) is 18.3. The molecule has 2 fully saturated rings. The predicted molar refractivity (Wildman–Crippen MR) is 137 cm³/mol. The summed E-state index contributed by atoms with van der Waals surface area (Å²) in [5, 5.41) is 20.8. The highest BCUT2D eigenvalue weighted by atomic mass is 32.2. The summed E-state index contributed by atoms with van der Waals surface area (Å²) in [5.41, 5.74) is -0.0664. The summed E-state index contributed by atoms with van der Waals surface area (Å²) in [6, 6.07) is 8.65. The lowest BCUT2D eigenvalue weighted by Gasteiger charge is -2.38. The molecule has 0 saturated carbocycles. The molecule has 2 aromatic heterocycles. The van der Waals surface area contributed by atoms with Crippen molar-refractivity contribution in [3.05, 3.63) is 46.4 Å². The number of nitrogens with one attached hydrogen (secondary N) is 3.